The maximum Gasteiger partial charge on any atom is 0.113 e. The number of nitrogens with zero attached hydrogens (tertiary/aromatic N) is 2. The van der Waals surface area contributed by atoms with Crippen molar-refractivity contribution < 1.29 is 0 Å². The molecule has 0 aliphatic rings. The fourth-order valence-corrected chi connectivity index (χ4v) is 1.74. The van der Waals surface area contributed by atoms with Gasteiger partial charge in [0.05, 0.1) is 11.8 Å². The Labute approximate surface area is 99.1 Å². The molecule has 16 heavy (non-hydrogen) atoms. The molecule has 0 bridgehead atoms. The predicted octanol–water partition coefficient (Wildman–Crippen LogP) is 3.39. The van der Waals surface area contributed by atoms with Gasteiger partial charge in [-0.25, -0.2) is 0 Å². The quantitative estimate of drug-likeness (QED) is 0.790. The number of pyridine rings is 1. The van der Waals surface area contributed by atoms with Crippen LogP contribution in [0.1, 0.15) is 17.2 Å². The summed E-state index contributed by atoms with van der Waals surface area (Å²) in [6, 6.07) is 15.1. The second kappa shape index (κ2) is 4.78. The zero-order valence-corrected chi connectivity index (χ0v) is 9.22. The van der Waals surface area contributed by atoms with Gasteiger partial charge in [0.1, 0.15) is 5.92 Å². The topological polar surface area (TPSA) is 36.7 Å². The zero-order chi connectivity index (χ0) is 11.4. The van der Waals surface area contributed by atoms with E-state index in [4.69, 9.17) is 11.6 Å². The van der Waals surface area contributed by atoms with Crippen LogP contribution in [0.5, 0.6) is 0 Å². The standard InChI is InChI=1S/C13H9ClN2/c14-11-5-3-4-10(8-11)12(9-15)13-6-1-2-7-16-13/h1-8,12H. The molecule has 2 aromatic rings. The average molecular weight is 229 g/mol. The summed E-state index contributed by atoms with van der Waals surface area (Å²) < 4.78 is 0. The van der Waals surface area contributed by atoms with Crippen LogP contribution in [0.25, 0.3) is 0 Å². The molecule has 0 saturated heterocycles. The molecular weight excluding hydrogens is 220 g/mol. The van der Waals surface area contributed by atoms with Crippen LogP contribution in [0.15, 0.2) is 48.7 Å². The fraction of sp³-hybridized carbons (Fsp3) is 0.0769. The number of benzene rings is 1. The highest BCUT2D eigenvalue weighted by molar-refractivity contribution is 6.30. The molecule has 3 heteroatoms. The molecule has 0 fully saturated rings. The molecule has 1 aromatic carbocycles. The maximum atomic E-state index is 9.19. The van der Waals surface area contributed by atoms with Crippen molar-refractivity contribution in [3.8, 4) is 6.07 Å². The number of hydrogen-bond donors (Lipinski definition) is 0. The van der Waals surface area contributed by atoms with Crippen LogP contribution in [-0.4, -0.2) is 4.98 Å². The van der Waals surface area contributed by atoms with Crippen LogP contribution >= 0.6 is 11.6 Å². The van der Waals surface area contributed by atoms with Crippen LogP contribution in [-0.2, 0) is 0 Å². The third-order valence-electron chi connectivity index (χ3n) is 2.29. The molecular formula is C13H9ClN2. The Balaban J connectivity index is 2.42. The highest BCUT2D eigenvalue weighted by atomic mass is 35.5. The van der Waals surface area contributed by atoms with E-state index in [9.17, 15) is 5.26 Å². The van der Waals surface area contributed by atoms with Gasteiger partial charge in [0.15, 0.2) is 0 Å². The first-order valence-electron chi connectivity index (χ1n) is 4.87. The highest BCUT2D eigenvalue weighted by Gasteiger charge is 2.14. The Bertz CT molecular complexity index is 517. The molecule has 2 nitrogen and oxygen atoms in total. The number of hydrogen-bond acceptors (Lipinski definition) is 2. The van der Waals surface area contributed by atoms with Gasteiger partial charge in [0.25, 0.3) is 0 Å². The first-order chi connectivity index (χ1) is 7.81. The van der Waals surface area contributed by atoms with Gasteiger partial charge in [-0.1, -0.05) is 29.8 Å². The van der Waals surface area contributed by atoms with Crippen molar-refractivity contribution in [2.45, 2.75) is 5.92 Å². The smallest absolute Gasteiger partial charge is 0.113 e. The third kappa shape index (κ3) is 2.21. The Kier molecular flexibility index (Phi) is 3.19. The molecule has 0 amide bonds. The lowest BCUT2D eigenvalue weighted by Gasteiger charge is -2.08. The minimum Gasteiger partial charge on any atom is -0.260 e. The van der Waals surface area contributed by atoms with E-state index < -0.39 is 0 Å². The number of rotatable bonds is 2. The Hall–Kier alpha value is -1.85. The lowest BCUT2D eigenvalue weighted by atomic mass is 9.97. The molecule has 1 unspecified atom stereocenters. The van der Waals surface area contributed by atoms with Crippen molar-refractivity contribution in [3.05, 3.63) is 64.9 Å². The molecule has 78 valence electrons. The minimum atomic E-state index is -0.361. The summed E-state index contributed by atoms with van der Waals surface area (Å²) in [6.07, 6.45) is 1.68. The summed E-state index contributed by atoms with van der Waals surface area (Å²) >= 11 is 5.90. The van der Waals surface area contributed by atoms with Gasteiger partial charge in [-0.3, -0.25) is 4.98 Å². The Morgan fingerprint density at radius 1 is 1.19 bits per heavy atom. The largest absolute Gasteiger partial charge is 0.260 e. The lowest BCUT2D eigenvalue weighted by molar-refractivity contribution is 0.966. The maximum absolute atomic E-state index is 9.19. The molecule has 0 spiro atoms. The summed E-state index contributed by atoms with van der Waals surface area (Å²) in [5.74, 6) is -0.361. The number of aromatic nitrogens is 1. The van der Waals surface area contributed by atoms with Crippen LogP contribution in [0, 0.1) is 11.3 Å². The van der Waals surface area contributed by atoms with Gasteiger partial charge in [0.2, 0.25) is 0 Å². The van der Waals surface area contributed by atoms with E-state index in [2.05, 4.69) is 11.1 Å². The molecule has 0 aliphatic carbocycles. The minimum absolute atomic E-state index is 0.361. The summed E-state index contributed by atoms with van der Waals surface area (Å²) in [7, 11) is 0. The van der Waals surface area contributed by atoms with E-state index in [1.54, 1.807) is 18.3 Å². The monoisotopic (exact) mass is 228 g/mol. The fourth-order valence-electron chi connectivity index (χ4n) is 1.54. The van der Waals surface area contributed by atoms with Crippen molar-refractivity contribution in [2.24, 2.45) is 0 Å². The van der Waals surface area contributed by atoms with Gasteiger partial charge in [0, 0.05) is 11.2 Å². The van der Waals surface area contributed by atoms with E-state index in [1.165, 1.54) is 0 Å². The van der Waals surface area contributed by atoms with E-state index >= 15 is 0 Å². The third-order valence-corrected chi connectivity index (χ3v) is 2.53. The van der Waals surface area contributed by atoms with E-state index in [-0.39, 0.29) is 5.92 Å². The van der Waals surface area contributed by atoms with Crippen LogP contribution in [0.3, 0.4) is 0 Å². The number of nitriles is 1. The molecule has 0 aliphatic heterocycles. The van der Waals surface area contributed by atoms with E-state index in [0.29, 0.717) is 5.02 Å². The predicted molar refractivity (Wildman–Crippen MR) is 63.1 cm³/mol. The normalized spacial score (nSPS) is 11.8. The van der Waals surface area contributed by atoms with Gasteiger partial charge in [-0.15, -0.1) is 0 Å². The molecule has 2 rings (SSSR count). The van der Waals surface area contributed by atoms with Crippen molar-refractivity contribution >= 4 is 11.6 Å². The second-order valence-electron chi connectivity index (χ2n) is 3.37. The molecule has 1 atom stereocenters. The lowest BCUT2D eigenvalue weighted by Crippen LogP contribution is -2.00. The van der Waals surface area contributed by atoms with Gasteiger partial charge >= 0.3 is 0 Å². The second-order valence-corrected chi connectivity index (χ2v) is 3.81. The SMILES string of the molecule is N#CC(c1cccc(Cl)c1)c1ccccn1. The zero-order valence-electron chi connectivity index (χ0n) is 8.47. The molecule has 0 radical (unpaired) electrons. The van der Waals surface area contributed by atoms with Crippen LogP contribution in [0.2, 0.25) is 5.02 Å². The Morgan fingerprint density at radius 3 is 2.69 bits per heavy atom. The van der Waals surface area contributed by atoms with Crippen molar-refractivity contribution in [3.63, 3.8) is 0 Å². The van der Waals surface area contributed by atoms with Crippen molar-refractivity contribution in [1.29, 1.82) is 5.26 Å². The summed E-state index contributed by atoms with van der Waals surface area (Å²) in [4.78, 5) is 4.19. The molecule has 0 N–H and O–H groups in total. The highest BCUT2D eigenvalue weighted by Crippen LogP contribution is 2.24. The van der Waals surface area contributed by atoms with Crippen molar-refractivity contribution in [2.75, 3.05) is 0 Å². The first-order valence-corrected chi connectivity index (χ1v) is 5.25. The summed E-state index contributed by atoms with van der Waals surface area (Å²) in [6.45, 7) is 0. The molecule has 1 aromatic heterocycles. The van der Waals surface area contributed by atoms with Gasteiger partial charge < -0.3 is 0 Å². The van der Waals surface area contributed by atoms with E-state index in [1.807, 2.05) is 30.3 Å². The molecule has 0 saturated carbocycles. The summed E-state index contributed by atoms with van der Waals surface area (Å²) in [5, 5.41) is 9.82. The first kappa shape index (κ1) is 10.7. The van der Waals surface area contributed by atoms with E-state index in [0.717, 1.165) is 11.3 Å². The van der Waals surface area contributed by atoms with Crippen LogP contribution < -0.4 is 0 Å². The Morgan fingerprint density at radius 2 is 2.06 bits per heavy atom. The van der Waals surface area contributed by atoms with Gasteiger partial charge in [-0.05, 0) is 29.8 Å². The number of halogens is 1. The van der Waals surface area contributed by atoms with Crippen LogP contribution in [0.4, 0.5) is 0 Å². The van der Waals surface area contributed by atoms with Crippen molar-refractivity contribution in [1.82, 2.24) is 4.98 Å². The summed E-state index contributed by atoms with van der Waals surface area (Å²) in [5.41, 5.74) is 1.61. The average Bonchev–Trinajstić information content (AvgIpc) is 2.31. The van der Waals surface area contributed by atoms with Gasteiger partial charge in [-0.2, -0.15) is 5.26 Å². The molecule has 1 heterocycles.